The second-order valence-electron chi connectivity index (χ2n) is 7.12. The van der Waals surface area contributed by atoms with Crippen molar-refractivity contribution < 1.29 is 27.2 Å². The molecule has 0 saturated carbocycles. The zero-order chi connectivity index (χ0) is 21.5. The third-order valence-electron chi connectivity index (χ3n) is 3.50. The Hall–Kier alpha value is -2.85. The Morgan fingerprint density at radius 2 is 1.79 bits per heavy atom. The van der Waals surface area contributed by atoms with Gasteiger partial charge in [-0.1, -0.05) is 6.07 Å². The van der Waals surface area contributed by atoms with E-state index in [9.17, 15) is 18.0 Å². The maximum Gasteiger partial charge on any atom is 0.407 e. The minimum Gasteiger partial charge on any atom is -0.468 e. The van der Waals surface area contributed by atoms with E-state index in [0.717, 1.165) is 0 Å². The molecule has 0 unspecified atom stereocenters. The van der Waals surface area contributed by atoms with Crippen LogP contribution in [0.4, 0.5) is 4.79 Å². The number of furan rings is 1. The van der Waals surface area contributed by atoms with Crippen molar-refractivity contribution in [1.82, 2.24) is 15.4 Å². The highest BCUT2D eigenvalue weighted by atomic mass is 32.2. The molecule has 10 heteroatoms. The van der Waals surface area contributed by atoms with Gasteiger partial charge in [0.2, 0.25) is 10.0 Å². The Morgan fingerprint density at radius 3 is 2.45 bits per heavy atom. The van der Waals surface area contributed by atoms with Crippen molar-refractivity contribution in [2.75, 3.05) is 13.1 Å². The van der Waals surface area contributed by atoms with E-state index in [-0.39, 0.29) is 30.1 Å². The molecule has 0 bridgehead atoms. The first kappa shape index (κ1) is 22.4. The van der Waals surface area contributed by atoms with Crippen molar-refractivity contribution in [1.29, 1.82) is 0 Å². The van der Waals surface area contributed by atoms with Crippen molar-refractivity contribution >= 4 is 22.0 Å². The van der Waals surface area contributed by atoms with Gasteiger partial charge in [0.25, 0.3) is 5.91 Å². The zero-order valence-electron chi connectivity index (χ0n) is 16.5. The molecule has 2 aromatic rings. The van der Waals surface area contributed by atoms with Crippen LogP contribution >= 0.6 is 0 Å². The Bertz CT molecular complexity index is 933. The molecule has 0 spiro atoms. The van der Waals surface area contributed by atoms with Crippen LogP contribution in [0.5, 0.6) is 0 Å². The van der Waals surface area contributed by atoms with E-state index in [1.54, 1.807) is 32.9 Å². The van der Waals surface area contributed by atoms with Crippen LogP contribution in [0, 0.1) is 0 Å². The summed E-state index contributed by atoms with van der Waals surface area (Å²) in [5.74, 6) is 0.0130. The molecule has 0 aliphatic rings. The average molecular weight is 423 g/mol. The van der Waals surface area contributed by atoms with Crippen molar-refractivity contribution in [3.05, 3.63) is 54.0 Å². The maximum absolute atomic E-state index is 12.4. The summed E-state index contributed by atoms with van der Waals surface area (Å²) in [5, 5.41) is 5.13. The van der Waals surface area contributed by atoms with E-state index in [2.05, 4.69) is 15.4 Å². The van der Waals surface area contributed by atoms with Crippen molar-refractivity contribution in [2.45, 2.75) is 37.8 Å². The molecule has 0 atom stereocenters. The van der Waals surface area contributed by atoms with Crippen molar-refractivity contribution in [3.63, 3.8) is 0 Å². The largest absolute Gasteiger partial charge is 0.468 e. The van der Waals surface area contributed by atoms with Crippen LogP contribution in [0.1, 0.15) is 36.9 Å². The summed E-state index contributed by atoms with van der Waals surface area (Å²) in [6, 6.07) is 8.97. The highest BCUT2D eigenvalue weighted by Crippen LogP contribution is 2.12. The number of amides is 2. The van der Waals surface area contributed by atoms with Crippen LogP contribution < -0.4 is 15.4 Å². The first-order valence-corrected chi connectivity index (χ1v) is 10.4. The number of hydrogen-bond acceptors (Lipinski definition) is 6. The van der Waals surface area contributed by atoms with Crippen LogP contribution in [-0.2, 0) is 21.3 Å². The number of alkyl carbamates (subject to hydrolysis) is 1. The second kappa shape index (κ2) is 9.57. The Labute approximate surface area is 169 Å². The molecule has 0 aliphatic heterocycles. The lowest BCUT2D eigenvalue weighted by Crippen LogP contribution is -2.37. The highest BCUT2D eigenvalue weighted by molar-refractivity contribution is 7.89. The molecule has 1 aromatic carbocycles. The molecule has 0 saturated heterocycles. The fourth-order valence-electron chi connectivity index (χ4n) is 2.22. The molecule has 158 valence electrons. The third-order valence-corrected chi connectivity index (χ3v) is 4.90. The van der Waals surface area contributed by atoms with Gasteiger partial charge >= 0.3 is 6.09 Å². The maximum atomic E-state index is 12.4. The standard InChI is InChI=1S/C19H25N3O6S/c1-19(2,3)28-18(24)21-10-9-20-17(23)14-6-4-8-16(12-14)29(25,26)22-13-15-7-5-11-27-15/h4-8,11-12,22H,9-10,13H2,1-3H3,(H,20,23)(H,21,24). The van der Waals surface area contributed by atoms with Crippen LogP contribution in [0.15, 0.2) is 52.0 Å². The van der Waals surface area contributed by atoms with E-state index < -0.39 is 27.6 Å². The molecule has 9 nitrogen and oxygen atoms in total. The first-order chi connectivity index (χ1) is 13.6. The van der Waals surface area contributed by atoms with Crippen LogP contribution in [0.2, 0.25) is 0 Å². The van der Waals surface area contributed by atoms with Gasteiger partial charge in [-0.25, -0.2) is 17.9 Å². The van der Waals surface area contributed by atoms with Gasteiger partial charge in [-0.05, 0) is 51.1 Å². The summed E-state index contributed by atoms with van der Waals surface area (Å²) in [5.41, 5.74) is -0.423. The molecule has 29 heavy (non-hydrogen) atoms. The molecule has 1 aromatic heterocycles. The lowest BCUT2D eigenvalue weighted by atomic mass is 10.2. The molecule has 0 aliphatic carbocycles. The topological polar surface area (TPSA) is 127 Å². The average Bonchev–Trinajstić information content (AvgIpc) is 3.16. The fraction of sp³-hybridized carbons (Fsp3) is 0.368. The quantitative estimate of drug-likeness (QED) is 0.558. The van der Waals surface area contributed by atoms with Crippen LogP contribution in [-0.4, -0.2) is 39.1 Å². The smallest absolute Gasteiger partial charge is 0.407 e. The Balaban J connectivity index is 1.87. The number of rotatable bonds is 8. The summed E-state index contributed by atoms with van der Waals surface area (Å²) in [7, 11) is -3.81. The van der Waals surface area contributed by atoms with E-state index >= 15 is 0 Å². The van der Waals surface area contributed by atoms with Crippen molar-refractivity contribution in [2.24, 2.45) is 0 Å². The summed E-state index contributed by atoms with van der Waals surface area (Å²) in [6.07, 6.45) is 0.870. The van der Waals surface area contributed by atoms with Gasteiger partial charge in [-0.3, -0.25) is 4.79 Å². The lowest BCUT2D eigenvalue weighted by molar-refractivity contribution is 0.0526. The summed E-state index contributed by atoms with van der Waals surface area (Å²) in [4.78, 5) is 23.8. The molecule has 0 radical (unpaired) electrons. The predicted octanol–water partition coefficient (Wildman–Crippen LogP) is 2.01. The molecule has 2 amide bonds. The van der Waals surface area contributed by atoms with Gasteiger partial charge in [0, 0.05) is 18.7 Å². The van der Waals surface area contributed by atoms with E-state index in [0.29, 0.717) is 5.76 Å². The van der Waals surface area contributed by atoms with E-state index in [1.165, 1.54) is 30.5 Å². The van der Waals surface area contributed by atoms with Gasteiger partial charge in [0.15, 0.2) is 0 Å². The fourth-order valence-corrected chi connectivity index (χ4v) is 3.26. The van der Waals surface area contributed by atoms with E-state index in [4.69, 9.17) is 9.15 Å². The van der Waals surface area contributed by atoms with Gasteiger partial charge in [0.05, 0.1) is 17.7 Å². The molecule has 1 heterocycles. The third kappa shape index (κ3) is 7.59. The number of carbonyl (C=O) groups is 2. The van der Waals surface area contributed by atoms with E-state index in [1.807, 2.05) is 0 Å². The number of ether oxygens (including phenoxy) is 1. The summed E-state index contributed by atoms with van der Waals surface area (Å²) >= 11 is 0. The summed E-state index contributed by atoms with van der Waals surface area (Å²) < 4.78 is 37.4. The Kier molecular flexibility index (Phi) is 7.40. The predicted molar refractivity (Wildman–Crippen MR) is 106 cm³/mol. The van der Waals surface area contributed by atoms with Crippen LogP contribution in [0.25, 0.3) is 0 Å². The normalized spacial score (nSPS) is 11.7. The lowest BCUT2D eigenvalue weighted by Gasteiger charge is -2.19. The Morgan fingerprint density at radius 1 is 1.07 bits per heavy atom. The highest BCUT2D eigenvalue weighted by Gasteiger charge is 2.17. The number of hydrogen-bond donors (Lipinski definition) is 3. The van der Waals surface area contributed by atoms with Crippen molar-refractivity contribution in [3.8, 4) is 0 Å². The molecule has 0 fully saturated rings. The molecule has 3 N–H and O–H groups in total. The number of sulfonamides is 1. The zero-order valence-corrected chi connectivity index (χ0v) is 17.3. The number of nitrogens with one attached hydrogen (secondary N) is 3. The van der Waals surface area contributed by atoms with Crippen LogP contribution in [0.3, 0.4) is 0 Å². The van der Waals surface area contributed by atoms with Gasteiger partial charge < -0.3 is 19.8 Å². The first-order valence-electron chi connectivity index (χ1n) is 8.94. The molecular formula is C19H25N3O6S. The second-order valence-corrected chi connectivity index (χ2v) is 8.88. The molecule has 2 rings (SSSR count). The molecular weight excluding hydrogens is 398 g/mol. The number of benzene rings is 1. The van der Waals surface area contributed by atoms with Gasteiger partial charge in [-0.2, -0.15) is 0 Å². The van der Waals surface area contributed by atoms with Gasteiger partial charge in [-0.15, -0.1) is 0 Å². The minimum atomic E-state index is -3.81. The number of carbonyl (C=O) groups excluding carboxylic acids is 2. The minimum absolute atomic E-state index is 0.00208. The monoisotopic (exact) mass is 423 g/mol. The van der Waals surface area contributed by atoms with Gasteiger partial charge in [0.1, 0.15) is 11.4 Å². The SMILES string of the molecule is CC(C)(C)OC(=O)NCCNC(=O)c1cccc(S(=O)(=O)NCc2ccco2)c1. The summed E-state index contributed by atoms with van der Waals surface area (Å²) in [6.45, 7) is 5.58.